The summed E-state index contributed by atoms with van der Waals surface area (Å²) in [5, 5.41) is 22.7. The lowest BCUT2D eigenvalue weighted by Gasteiger charge is -2.26. The standard InChI is InChI=1S/C21H28N2O5/c1-14(2)11-21(3,26)13-28-18-6-5-15(9-17(18)12-24)16-7-8-22-19(10-16)23-20(25)27-4/h5-10,14,24,26H,11-13H2,1-4H3,(H,22,23,25)/t21-/m0/s1. The van der Waals surface area contributed by atoms with Gasteiger partial charge < -0.3 is 19.7 Å². The lowest BCUT2D eigenvalue weighted by Crippen LogP contribution is -2.34. The van der Waals surface area contributed by atoms with Crippen LogP contribution in [-0.4, -0.2) is 40.6 Å². The molecule has 2 aromatic rings. The van der Waals surface area contributed by atoms with Crippen molar-refractivity contribution in [2.24, 2.45) is 5.92 Å². The van der Waals surface area contributed by atoms with Crippen LogP contribution in [0.15, 0.2) is 36.5 Å². The van der Waals surface area contributed by atoms with E-state index < -0.39 is 11.7 Å². The first kappa shape index (κ1) is 21.7. The van der Waals surface area contributed by atoms with Gasteiger partial charge in [-0.1, -0.05) is 19.9 Å². The Kier molecular flexibility index (Phi) is 7.37. The van der Waals surface area contributed by atoms with E-state index >= 15 is 0 Å². The van der Waals surface area contributed by atoms with Crippen molar-refractivity contribution < 1.29 is 24.5 Å². The average molecular weight is 388 g/mol. The highest BCUT2D eigenvalue weighted by molar-refractivity contribution is 5.84. The number of methoxy groups -OCH3 is 1. The molecular formula is C21H28N2O5. The van der Waals surface area contributed by atoms with Crippen molar-refractivity contribution in [2.45, 2.75) is 39.4 Å². The average Bonchev–Trinajstić information content (AvgIpc) is 2.65. The lowest BCUT2D eigenvalue weighted by atomic mass is 9.95. The molecule has 28 heavy (non-hydrogen) atoms. The van der Waals surface area contributed by atoms with E-state index in [-0.39, 0.29) is 13.2 Å². The van der Waals surface area contributed by atoms with Gasteiger partial charge in [-0.05, 0) is 54.7 Å². The zero-order chi connectivity index (χ0) is 20.7. The summed E-state index contributed by atoms with van der Waals surface area (Å²) >= 11 is 0. The molecular weight excluding hydrogens is 360 g/mol. The van der Waals surface area contributed by atoms with Crippen LogP contribution in [0.5, 0.6) is 5.75 Å². The Morgan fingerprint density at radius 2 is 1.96 bits per heavy atom. The van der Waals surface area contributed by atoms with Crippen molar-refractivity contribution in [3.05, 3.63) is 42.1 Å². The molecule has 0 aliphatic heterocycles. The fourth-order valence-corrected chi connectivity index (χ4v) is 3.03. The number of amides is 1. The van der Waals surface area contributed by atoms with E-state index in [1.165, 1.54) is 7.11 Å². The van der Waals surface area contributed by atoms with Crippen LogP contribution in [-0.2, 0) is 11.3 Å². The molecule has 0 unspecified atom stereocenters. The third-order valence-electron chi connectivity index (χ3n) is 4.13. The SMILES string of the molecule is COC(=O)Nc1cc(-c2ccc(OC[C@@](C)(O)CC(C)C)c(CO)c2)ccn1. The van der Waals surface area contributed by atoms with Gasteiger partial charge in [0.05, 0.1) is 19.3 Å². The number of aliphatic hydroxyl groups excluding tert-OH is 1. The molecule has 1 aromatic heterocycles. The molecule has 0 aliphatic rings. The summed E-state index contributed by atoms with van der Waals surface area (Å²) in [5.74, 6) is 1.23. The number of anilines is 1. The predicted molar refractivity (Wildman–Crippen MR) is 107 cm³/mol. The second kappa shape index (κ2) is 9.52. The molecule has 3 N–H and O–H groups in total. The van der Waals surface area contributed by atoms with Gasteiger partial charge in [-0.15, -0.1) is 0 Å². The minimum absolute atomic E-state index is 0.139. The number of carbonyl (C=O) groups is 1. The van der Waals surface area contributed by atoms with E-state index in [4.69, 9.17) is 4.74 Å². The van der Waals surface area contributed by atoms with Gasteiger partial charge in [-0.3, -0.25) is 5.32 Å². The number of ether oxygens (including phenoxy) is 2. The normalized spacial score (nSPS) is 13.1. The van der Waals surface area contributed by atoms with Gasteiger partial charge in [0.2, 0.25) is 0 Å². The van der Waals surface area contributed by atoms with Crippen molar-refractivity contribution in [1.29, 1.82) is 0 Å². The summed E-state index contributed by atoms with van der Waals surface area (Å²) in [6.45, 7) is 5.77. The van der Waals surface area contributed by atoms with Crippen LogP contribution in [0.25, 0.3) is 11.1 Å². The fourth-order valence-electron chi connectivity index (χ4n) is 3.03. The summed E-state index contributed by atoms with van der Waals surface area (Å²) < 4.78 is 10.3. The first-order chi connectivity index (χ1) is 13.2. The number of hydrogen-bond acceptors (Lipinski definition) is 6. The van der Waals surface area contributed by atoms with Gasteiger partial charge >= 0.3 is 6.09 Å². The minimum atomic E-state index is -0.945. The minimum Gasteiger partial charge on any atom is -0.490 e. The van der Waals surface area contributed by atoms with E-state index in [2.05, 4.69) is 15.0 Å². The number of carbonyl (C=O) groups excluding carboxylic acids is 1. The topological polar surface area (TPSA) is 101 Å². The largest absolute Gasteiger partial charge is 0.490 e. The molecule has 0 radical (unpaired) electrons. The third-order valence-corrected chi connectivity index (χ3v) is 4.13. The Bertz CT molecular complexity index is 805. The fraction of sp³-hybridized carbons (Fsp3) is 0.429. The van der Waals surface area contributed by atoms with Crippen LogP contribution in [0.1, 0.15) is 32.8 Å². The van der Waals surface area contributed by atoms with Crippen molar-refractivity contribution in [1.82, 2.24) is 4.98 Å². The summed E-state index contributed by atoms with van der Waals surface area (Å²) in [5.41, 5.74) is 1.31. The maximum atomic E-state index is 11.4. The maximum Gasteiger partial charge on any atom is 0.412 e. The van der Waals surface area contributed by atoms with Crippen molar-refractivity contribution in [3.8, 4) is 16.9 Å². The van der Waals surface area contributed by atoms with Crippen LogP contribution in [0.2, 0.25) is 0 Å². The molecule has 0 saturated carbocycles. The molecule has 0 fully saturated rings. The Hall–Kier alpha value is -2.64. The lowest BCUT2D eigenvalue weighted by molar-refractivity contribution is -0.00575. The molecule has 0 bridgehead atoms. The number of pyridine rings is 1. The van der Waals surface area contributed by atoms with Gasteiger partial charge in [-0.2, -0.15) is 0 Å². The second-order valence-electron chi connectivity index (χ2n) is 7.41. The predicted octanol–water partition coefficient (Wildman–Crippen LogP) is 3.60. The molecule has 1 aromatic carbocycles. The molecule has 0 saturated heterocycles. The first-order valence-electron chi connectivity index (χ1n) is 9.14. The Labute approximate surface area is 165 Å². The molecule has 0 spiro atoms. The molecule has 2 rings (SSSR count). The Morgan fingerprint density at radius 3 is 2.61 bits per heavy atom. The molecule has 7 nitrogen and oxygen atoms in total. The molecule has 152 valence electrons. The number of nitrogens with one attached hydrogen (secondary N) is 1. The number of rotatable bonds is 8. The van der Waals surface area contributed by atoms with Gasteiger partial charge in [0.15, 0.2) is 0 Å². The van der Waals surface area contributed by atoms with Crippen LogP contribution >= 0.6 is 0 Å². The Morgan fingerprint density at radius 1 is 1.25 bits per heavy atom. The van der Waals surface area contributed by atoms with Crippen LogP contribution < -0.4 is 10.1 Å². The van der Waals surface area contributed by atoms with E-state index in [1.807, 2.05) is 26.0 Å². The van der Waals surface area contributed by atoms with E-state index in [9.17, 15) is 15.0 Å². The van der Waals surface area contributed by atoms with Gasteiger partial charge in [0, 0.05) is 11.8 Å². The van der Waals surface area contributed by atoms with Crippen molar-refractivity contribution in [2.75, 3.05) is 19.0 Å². The van der Waals surface area contributed by atoms with E-state index in [0.29, 0.717) is 29.5 Å². The van der Waals surface area contributed by atoms with Gasteiger partial charge in [-0.25, -0.2) is 9.78 Å². The Balaban J connectivity index is 2.19. The maximum absolute atomic E-state index is 11.4. The molecule has 1 heterocycles. The van der Waals surface area contributed by atoms with Crippen LogP contribution in [0.3, 0.4) is 0 Å². The summed E-state index contributed by atoms with van der Waals surface area (Å²) in [7, 11) is 1.28. The quantitative estimate of drug-likeness (QED) is 0.639. The van der Waals surface area contributed by atoms with Crippen LogP contribution in [0.4, 0.5) is 10.6 Å². The van der Waals surface area contributed by atoms with Crippen LogP contribution in [0, 0.1) is 5.92 Å². The zero-order valence-corrected chi connectivity index (χ0v) is 16.7. The number of hydrogen-bond donors (Lipinski definition) is 3. The molecule has 7 heteroatoms. The van der Waals surface area contributed by atoms with Crippen molar-refractivity contribution in [3.63, 3.8) is 0 Å². The highest BCUT2D eigenvalue weighted by Crippen LogP contribution is 2.29. The smallest absolute Gasteiger partial charge is 0.412 e. The summed E-state index contributed by atoms with van der Waals surface area (Å²) in [6.07, 6.45) is 1.59. The number of aromatic nitrogens is 1. The third kappa shape index (κ3) is 6.21. The molecule has 0 aliphatic carbocycles. The first-order valence-corrected chi connectivity index (χ1v) is 9.14. The van der Waals surface area contributed by atoms with Gasteiger partial charge in [0.1, 0.15) is 18.2 Å². The van der Waals surface area contributed by atoms with Crippen molar-refractivity contribution >= 4 is 11.9 Å². The highest BCUT2D eigenvalue weighted by Gasteiger charge is 2.23. The number of nitrogens with zero attached hydrogens (tertiary/aromatic N) is 1. The summed E-state index contributed by atoms with van der Waals surface area (Å²) in [4.78, 5) is 15.4. The number of aliphatic hydroxyl groups is 2. The monoisotopic (exact) mass is 388 g/mol. The second-order valence-corrected chi connectivity index (χ2v) is 7.41. The van der Waals surface area contributed by atoms with E-state index in [1.54, 1.807) is 31.3 Å². The highest BCUT2D eigenvalue weighted by atomic mass is 16.5. The van der Waals surface area contributed by atoms with E-state index in [0.717, 1.165) is 11.1 Å². The number of benzene rings is 1. The molecule has 1 atom stereocenters. The molecule has 1 amide bonds. The zero-order valence-electron chi connectivity index (χ0n) is 16.7. The van der Waals surface area contributed by atoms with Gasteiger partial charge in [0.25, 0.3) is 0 Å². The summed E-state index contributed by atoms with van der Waals surface area (Å²) in [6, 6.07) is 8.93.